The SMILES string of the molecule is N#Cc1ccc(C(=O)N/N=C/c2ccc(OC(=O)c3ccc([N+](=O)[O-])cc3)cc2)cc1. The Kier molecular flexibility index (Phi) is 6.45. The first kappa shape index (κ1) is 20.9. The third-order valence-electron chi connectivity index (χ3n) is 4.06. The molecule has 3 rings (SSSR count). The molecule has 3 aromatic carbocycles. The summed E-state index contributed by atoms with van der Waals surface area (Å²) >= 11 is 0. The summed E-state index contributed by atoms with van der Waals surface area (Å²) in [6.45, 7) is 0. The fraction of sp³-hybridized carbons (Fsp3) is 0. The molecule has 0 radical (unpaired) electrons. The zero-order chi connectivity index (χ0) is 22.2. The highest BCUT2D eigenvalue weighted by Crippen LogP contribution is 2.16. The second-order valence-corrected chi connectivity index (χ2v) is 6.15. The van der Waals surface area contributed by atoms with Crippen LogP contribution in [0.3, 0.4) is 0 Å². The van der Waals surface area contributed by atoms with E-state index in [1.165, 1.54) is 54.7 Å². The lowest BCUT2D eigenvalue weighted by Gasteiger charge is -2.04. The number of non-ortho nitro benzene ring substituents is 1. The molecule has 1 amide bonds. The van der Waals surface area contributed by atoms with Crippen molar-refractivity contribution in [3.8, 4) is 11.8 Å². The van der Waals surface area contributed by atoms with Crippen LogP contribution in [0, 0.1) is 21.4 Å². The summed E-state index contributed by atoms with van der Waals surface area (Å²) in [6, 6.07) is 19.5. The molecule has 0 bridgehead atoms. The largest absolute Gasteiger partial charge is 0.423 e. The number of nitrogens with zero attached hydrogens (tertiary/aromatic N) is 3. The maximum atomic E-state index is 12.1. The number of rotatable bonds is 6. The van der Waals surface area contributed by atoms with Crippen molar-refractivity contribution in [2.75, 3.05) is 0 Å². The fourth-order valence-corrected chi connectivity index (χ4v) is 2.43. The second kappa shape index (κ2) is 9.58. The molecule has 1 N–H and O–H groups in total. The summed E-state index contributed by atoms with van der Waals surface area (Å²) in [5.74, 6) is -0.789. The Bertz CT molecular complexity index is 1180. The van der Waals surface area contributed by atoms with E-state index in [4.69, 9.17) is 10.00 Å². The summed E-state index contributed by atoms with van der Waals surface area (Å²) in [4.78, 5) is 34.2. The molecule has 0 aliphatic rings. The number of nitrogens with one attached hydrogen (secondary N) is 1. The first-order valence-electron chi connectivity index (χ1n) is 8.86. The van der Waals surface area contributed by atoms with Crippen molar-refractivity contribution in [1.29, 1.82) is 5.26 Å². The molecule has 9 heteroatoms. The van der Waals surface area contributed by atoms with Gasteiger partial charge >= 0.3 is 5.97 Å². The van der Waals surface area contributed by atoms with Gasteiger partial charge in [-0.2, -0.15) is 10.4 Å². The van der Waals surface area contributed by atoms with Crippen LogP contribution in [-0.2, 0) is 0 Å². The molecule has 3 aromatic rings. The summed E-state index contributed by atoms with van der Waals surface area (Å²) in [7, 11) is 0. The van der Waals surface area contributed by atoms with Gasteiger partial charge in [0.25, 0.3) is 11.6 Å². The highest BCUT2D eigenvalue weighted by Gasteiger charge is 2.11. The summed E-state index contributed by atoms with van der Waals surface area (Å²) in [5.41, 5.74) is 3.91. The van der Waals surface area contributed by atoms with Crippen molar-refractivity contribution in [2.45, 2.75) is 0 Å². The maximum Gasteiger partial charge on any atom is 0.343 e. The third kappa shape index (κ3) is 5.58. The molecule has 0 aromatic heterocycles. The number of carbonyl (C=O) groups is 2. The van der Waals surface area contributed by atoms with Crippen molar-refractivity contribution in [3.05, 3.63) is 105 Å². The van der Waals surface area contributed by atoms with Gasteiger partial charge in [0, 0.05) is 17.7 Å². The predicted molar refractivity (Wildman–Crippen MR) is 111 cm³/mol. The minimum atomic E-state index is -0.647. The van der Waals surface area contributed by atoms with Crippen LogP contribution in [0.15, 0.2) is 77.9 Å². The average molecular weight is 414 g/mol. The zero-order valence-corrected chi connectivity index (χ0v) is 15.9. The summed E-state index contributed by atoms with van der Waals surface area (Å²) < 4.78 is 5.23. The van der Waals surface area contributed by atoms with E-state index in [2.05, 4.69) is 10.5 Å². The lowest BCUT2D eigenvalue weighted by atomic mass is 10.1. The molecule has 0 heterocycles. The van der Waals surface area contributed by atoms with Gasteiger partial charge in [0.15, 0.2) is 0 Å². The lowest BCUT2D eigenvalue weighted by Crippen LogP contribution is -2.17. The van der Waals surface area contributed by atoms with Crippen LogP contribution >= 0.6 is 0 Å². The number of nitro groups is 1. The highest BCUT2D eigenvalue weighted by atomic mass is 16.6. The molecule has 31 heavy (non-hydrogen) atoms. The lowest BCUT2D eigenvalue weighted by molar-refractivity contribution is -0.384. The van der Waals surface area contributed by atoms with Gasteiger partial charge in [-0.05, 0) is 66.2 Å². The van der Waals surface area contributed by atoms with Crippen molar-refractivity contribution in [2.24, 2.45) is 5.10 Å². The third-order valence-corrected chi connectivity index (χ3v) is 4.06. The highest BCUT2D eigenvalue weighted by molar-refractivity contribution is 5.95. The standard InChI is InChI=1S/C22H14N4O5/c23-13-15-1-5-17(6-2-15)21(27)25-24-14-16-3-11-20(12-4-16)31-22(28)18-7-9-19(10-8-18)26(29)30/h1-12,14H,(H,25,27)/b24-14+. The molecule has 0 saturated heterocycles. The topological polar surface area (TPSA) is 135 Å². The average Bonchev–Trinajstić information content (AvgIpc) is 2.80. The van der Waals surface area contributed by atoms with Crippen LogP contribution in [0.4, 0.5) is 5.69 Å². The number of hydrogen-bond donors (Lipinski definition) is 1. The monoisotopic (exact) mass is 414 g/mol. The van der Waals surface area contributed by atoms with Crippen molar-refractivity contribution in [3.63, 3.8) is 0 Å². The predicted octanol–water partition coefficient (Wildman–Crippen LogP) is 3.45. The van der Waals surface area contributed by atoms with Crippen molar-refractivity contribution >= 4 is 23.8 Å². The molecule has 0 aliphatic heterocycles. The van der Waals surface area contributed by atoms with Gasteiger partial charge < -0.3 is 4.74 Å². The van der Waals surface area contributed by atoms with Gasteiger partial charge in [-0.15, -0.1) is 0 Å². The molecule has 152 valence electrons. The summed E-state index contributed by atoms with van der Waals surface area (Å²) in [6.07, 6.45) is 1.42. The van der Waals surface area contributed by atoms with Gasteiger partial charge in [-0.25, -0.2) is 10.2 Å². The van der Waals surface area contributed by atoms with Crippen LogP contribution in [0.1, 0.15) is 31.8 Å². The minimum absolute atomic E-state index is 0.119. The maximum absolute atomic E-state index is 12.1. The number of hydrogen-bond acceptors (Lipinski definition) is 7. The van der Waals surface area contributed by atoms with Crippen LogP contribution in [0.2, 0.25) is 0 Å². The van der Waals surface area contributed by atoms with Crippen LogP contribution in [-0.4, -0.2) is 23.0 Å². The molecule has 0 spiro atoms. The van der Waals surface area contributed by atoms with E-state index < -0.39 is 16.8 Å². The molecule has 0 fully saturated rings. The van der Waals surface area contributed by atoms with Gasteiger partial charge in [0.2, 0.25) is 0 Å². The van der Waals surface area contributed by atoms with Crippen LogP contribution in [0.25, 0.3) is 0 Å². The summed E-state index contributed by atoms with van der Waals surface area (Å²) in [5, 5.41) is 23.3. The van der Waals surface area contributed by atoms with E-state index in [0.717, 1.165) is 0 Å². The molecular weight excluding hydrogens is 400 g/mol. The van der Waals surface area contributed by atoms with Gasteiger partial charge in [-0.1, -0.05) is 0 Å². The van der Waals surface area contributed by atoms with E-state index in [0.29, 0.717) is 16.7 Å². The molecule has 9 nitrogen and oxygen atoms in total. The van der Waals surface area contributed by atoms with Gasteiger partial charge in [0.1, 0.15) is 5.75 Å². The van der Waals surface area contributed by atoms with E-state index in [1.54, 1.807) is 24.3 Å². The smallest absolute Gasteiger partial charge is 0.343 e. The van der Waals surface area contributed by atoms with E-state index in [1.807, 2.05) is 6.07 Å². The van der Waals surface area contributed by atoms with Crippen molar-refractivity contribution in [1.82, 2.24) is 5.43 Å². The Morgan fingerprint density at radius 1 is 0.968 bits per heavy atom. The normalized spacial score (nSPS) is 10.3. The van der Waals surface area contributed by atoms with Crippen LogP contribution < -0.4 is 10.2 Å². The minimum Gasteiger partial charge on any atom is -0.423 e. The molecule has 0 saturated carbocycles. The number of benzene rings is 3. The first-order valence-corrected chi connectivity index (χ1v) is 8.86. The number of nitro benzene ring substituents is 1. The Balaban J connectivity index is 1.55. The number of carbonyl (C=O) groups excluding carboxylic acids is 2. The van der Waals surface area contributed by atoms with E-state index in [-0.39, 0.29) is 17.0 Å². The quantitative estimate of drug-likeness (QED) is 0.216. The molecule has 0 atom stereocenters. The Morgan fingerprint density at radius 2 is 1.58 bits per heavy atom. The molecule has 0 unspecified atom stereocenters. The number of ether oxygens (including phenoxy) is 1. The van der Waals surface area contributed by atoms with Crippen LogP contribution in [0.5, 0.6) is 5.75 Å². The second-order valence-electron chi connectivity index (χ2n) is 6.15. The Morgan fingerprint density at radius 3 is 2.16 bits per heavy atom. The fourth-order valence-electron chi connectivity index (χ4n) is 2.43. The number of hydrazone groups is 1. The van der Waals surface area contributed by atoms with Gasteiger partial charge in [0.05, 0.1) is 28.3 Å². The van der Waals surface area contributed by atoms with Gasteiger partial charge in [-0.3, -0.25) is 14.9 Å². The first-order chi connectivity index (χ1) is 15.0. The number of esters is 1. The number of nitriles is 1. The van der Waals surface area contributed by atoms with Crippen molar-refractivity contribution < 1.29 is 19.2 Å². The Hall–Kier alpha value is -4.84. The van der Waals surface area contributed by atoms with E-state index in [9.17, 15) is 19.7 Å². The van der Waals surface area contributed by atoms with E-state index >= 15 is 0 Å². The Labute approximate surface area is 176 Å². The molecular formula is C22H14N4O5. The molecule has 0 aliphatic carbocycles. The number of amides is 1. The zero-order valence-electron chi connectivity index (χ0n) is 15.9.